The SMILES string of the molecule is CCc1ccc(C2Nc3ccccc3C(=O)N2c2ccccc2)s1. The molecule has 3 aromatic rings. The minimum Gasteiger partial charge on any atom is -0.360 e. The first-order chi connectivity index (χ1) is 11.8. The molecule has 3 nitrogen and oxygen atoms in total. The number of carbonyl (C=O) groups excluding carboxylic acids is 1. The summed E-state index contributed by atoms with van der Waals surface area (Å²) in [6.07, 6.45) is 0.827. The van der Waals surface area contributed by atoms with Crippen molar-refractivity contribution in [3.8, 4) is 0 Å². The maximum atomic E-state index is 13.2. The van der Waals surface area contributed by atoms with Gasteiger partial charge >= 0.3 is 0 Å². The van der Waals surface area contributed by atoms with Gasteiger partial charge in [-0.1, -0.05) is 37.3 Å². The molecule has 2 aromatic carbocycles. The third-order valence-corrected chi connectivity index (χ3v) is 5.54. The van der Waals surface area contributed by atoms with Crippen LogP contribution in [0.2, 0.25) is 0 Å². The summed E-state index contributed by atoms with van der Waals surface area (Å²) in [5.74, 6) is 0.0343. The van der Waals surface area contributed by atoms with Crippen LogP contribution in [-0.4, -0.2) is 5.91 Å². The summed E-state index contributed by atoms with van der Waals surface area (Å²) in [6, 6.07) is 21.8. The number of benzene rings is 2. The highest BCUT2D eigenvalue weighted by Gasteiger charge is 2.34. The Labute approximate surface area is 145 Å². The lowest BCUT2D eigenvalue weighted by Crippen LogP contribution is -2.42. The van der Waals surface area contributed by atoms with Gasteiger partial charge in [0, 0.05) is 21.1 Å². The normalized spacial score (nSPS) is 16.6. The second-order valence-corrected chi connectivity index (χ2v) is 6.96. The number of rotatable bonds is 3. The van der Waals surface area contributed by atoms with E-state index in [1.54, 1.807) is 11.3 Å². The monoisotopic (exact) mass is 334 g/mol. The fourth-order valence-corrected chi connectivity index (χ4v) is 4.03. The van der Waals surface area contributed by atoms with Gasteiger partial charge in [-0.15, -0.1) is 11.3 Å². The predicted molar refractivity (Wildman–Crippen MR) is 99.8 cm³/mol. The zero-order valence-electron chi connectivity index (χ0n) is 13.4. The molecule has 1 amide bonds. The van der Waals surface area contributed by atoms with Gasteiger partial charge in [0.15, 0.2) is 0 Å². The third kappa shape index (κ3) is 2.49. The zero-order valence-corrected chi connectivity index (χ0v) is 14.2. The maximum Gasteiger partial charge on any atom is 0.262 e. The molecule has 0 saturated carbocycles. The van der Waals surface area contributed by atoms with E-state index in [1.807, 2.05) is 59.5 Å². The van der Waals surface area contributed by atoms with Crippen LogP contribution in [0.5, 0.6) is 0 Å². The highest BCUT2D eigenvalue weighted by atomic mass is 32.1. The predicted octanol–water partition coefficient (Wildman–Crippen LogP) is 5.08. The molecule has 0 radical (unpaired) electrons. The Kier molecular flexibility index (Phi) is 3.82. The van der Waals surface area contributed by atoms with Crippen molar-refractivity contribution in [2.24, 2.45) is 0 Å². The molecule has 4 rings (SSSR count). The molecule has 0 bridgehead atoms. The molecule has 0 fully saturated rings. The topological polar surface area (TPSA) is 32.3 Å². The number of hydrogen-bond acceptors (Lipinski definition) is 3. The second kappa shape index (κ2) is 6.13. The number of aryl methyl sites for hydroxylation is 1. The van der Waals surface area contributed by atoms with E-state index in [2.05, 4.69) is 24.4 Å². The molecule has 1 N–H and O–H groups in total. The first-order valence-electron chi connectivity index (χ1n) is 8.10. The van der Waals surface area contributed by atoms with Crippen LogP contribution in [0.15, 0.2) is 66.7 Å². The van der Waals surface area contributed by atoms with Crippen molar-refractivity contribution in [3.05, 3.63) is 82.0 Å². The first-order valence-corrected chi connectivity index (χ1v) is 8.92. The Balaban J connectivity index is 1.84. The van der Waals surface area contributed by atoms with Crippen LogP contribution in [0.3, 0.4) is 0 Å². The summed E-state index contributed by atoms with van der Waals surface area (Å²) < 4.78 is 0. The lowest BCUT2D eigenvalue weighted by atomic mass is 10.1. The number of nitrogens with one attached hydrogen (secondary N) is 1. The molecule has 1 aliphatic heterocycles. The molecule has 0 saturated heterocycles. The van der Waals surface area contributed by atoms with Crippen molar-refractivity contribution in [2.45, 2.75) is 19.5 Å². The van der Waals surface area contributed by atoms with Crippen molar-refractivity contribution in [1.82, 2.24) is 0 Å². The summed E-state index contributed by atoms with van der Waals surface area (Å²) in [7, 11) is 0. The average Bonchev–Trinajstić information content (AvgIpc) is 3.11. The van der Waals surface area contributed by atoms with Crippen molar-refractivity contribution in [2.75, 3.05) is 10.2 Å². The fourth-order valence-electron chi connectivity index (χ4n) is 3.04. The Bertz CT molecular complexity index is 872. The van der Waals surface area contributed by atoms with Crippen LogP contribution in [0.1, 0.15) is 33.2 Å². The van der Waals surface area contributed by atoms with Crippen LogP contribution in [0.4, 0.5) is 11.4 Å². The molecule has 0 aliphatic carbocycles. The zero-order chi connectivity index (χ0) is 16.5. The van der Waals surface area contributed by atoms with E-state index in [0.717, 1.165) is 22.7 Å². The molecule has 1 aromatic heterocycles. The number of nitrogens with zero attached hydrogens (tertiary/aromatic N) is 1. The Morgan fingerprint density at radius 3 is 2.50 bits per heavy atom. The molecule has 1 aliphatic rings. The van der Waals surface area contributed by atoms with Gasteiger partial charge < -0.3 is 5.32 Å². The fraction of sp³-hybridized carbons (Fsp3) is 0.150. The van der Waals surface area contributed by atoms with E-state index in [-0.39, 0.29) is 12.1 Å². The number of carbonyl (C=O) groups is 1. The summed E-state index contributed by atoms with van der Waals surface area (Å²) in [5.41, 5.74) is 2.51. The van der Waals surface area contributed by atoms with Crippen LogP contribution in [-0.2, 0) is 6.42 Å². The van der Waals surface area contributed by atoms with Crippen LogP contribution in [0.25, 0.3) is 0 Å². The van der Waals surface area contributed by atoms with Crippen molar-refractivity contribution < 1.29 is 4.79 Å². The van der Waals surface area contributed by atoms with Gasteiger partial charge in [-0.2, -0.15) is 0 Å². The minimum atomic E-state index is -0.180. The molecule has 2 heterocycles. The van der Waals surface area contributed by atoms with Gasteiger partial charge in [0.05, 0.1) is 5.56 Å². The molecule has 120 valence electrons. The van der Waals surface area contributed by atoms with Crippen molar-refractivity contribution in [3.63, 3.8) is 0 Å². The molecule has 0 spiro atoms. The minimum absolute atomic E-state index is 0.0343. The van der Waals surface area contributed by atoms with Gasteiger partial charge in [-0.05, 0) is 42.8 Å². The van der Waals surface area contributed by atoms with Crippen LogP contribution in [0, 0.1) is 0 Å². The first kappa shape index (κ1) is 15.0. The highest BCUT2D eigenvalue weighted by molar-refractivity contribution is 7.12. The van der Waals surface area contributed by atoms with Gasteiger partial charge in [0.2, 0.25) is 0 Å². The van der Waals surface area contributed by atoms with E-state index >= 15 is 0 Å². The average molecular weight is 334 g/mol. The van der Waals surface area contributed by atoms with Gasteiger partial charge in [0.1, 0.15) is 6.17 Å². The van der Waals surface area contributed by atoms with E-state index < -0.39 is 0 Å². The van der Waals surface area contributed by atoms with Crippen LogP contribution >= 0.6 is 11.3 Å². The van der Waals surface area contributed by atoms with E-state index in [4.69, 9.17) is 0 Å². The summed E-state index contributed by atoms with van der Waals surface area (Å²) in [4.78, 5) is 17.5. The highest BCUT2D eigenvalue weighted by Crippen LogP contribution is 2.38. The lowest BCUT2D eigenvalue weighted by molar-refractivity contribution is 0.0975. The summed E-state index contributed by atoms with van der Waals surface area (Å²) >= 11 is 1.76. The van der Waals surface area contributed by atoms with Crippen LogP contribution < -0.4 is 10.2 Å². The van der Waals surface area contributed by atoms with Crippen molar-refractivity contribution >= 4 is 28.6 Å². The standard InChI is InChI=1S/C20H18N2OS/c1-2-15-12-13-18(24-15)19-21-17-11-7-6-10-16(17)20(23)22(19)14-8-4-3-5-9-14/h3-13,19,21H,2H2,1H3. The number of amides is 1. The third-order valence-electron chi connectivity index (χ3n) is 4.26. The number of thiophene rings is 1. The Morgan fingerprint density at radius 2 is 1.75 bits per heavy atom. The van der Waals surface area contributed by atoms with Gasteiger partial charge in [-0.3, -0.25) is 9.69 Å². The quantitative estimate of drug-likeness (QED) is 0.724. The molecule has 1 atom stereocenters. The van der Waals surface area contributed by atoms with Gasteiger partial charge in [-0.25, -0.2) is 0 Å². The van der Waals surface area contributed by atoms with E-state index in [1.165, 1.54) is 4.88 Å². The van der Waals surface area contributed by atoms with Crippen molar-refractivity contribution in [1.29, 1.82) is 0 Å². The Hall–Kier alpha value is -2.59. The molecule has 4 heteroatoms. The number of para-hydroxylation sites is 2. The summed E-state index contributed by atoms with van der Waals surface area (Å²) in [6.45, 7) is 2.15. The van der Waals surface area contributed by atoms with E-state index in [9.17, 15) is 4.79 Å². The number of anilines is 2. The second-order valence-electron chi connectivity index (χ2n) is 5.76. The van der Waals surface area contributed by atoms with E-state index in [0.29, 0.717) is 5.56 Å². The lowest BCUT2D eigenvalue weighted by Gasteiger charge is -2.37. The number of hydrogen-bond donors (Lipinski definition) is 1. The Morgan fingerprint density at radius 1 is 1.00 bits per heavy atom. The maximum absolute atomic E-state index is 13.2. The van der Waals surface area contributed by atoms with Gasteiger partial charge in [0.25, 0.3) is 5.91 Å². The largest absolute Gasteiger partial charge is 0.360 e. The molecular weight excluding hydrogens is 316 g/mol. The number of fused-ring (bicyclic) bond motifs is 1. The molecule has 1 unspecified atom stereocenters. The molecule has 24 heavy (non-hydrogen) atoms. The summed E-state index contributed by atoms with van der Waals surface area (Å²) in [5, 5.41) is 3.55. The smallest absolute Gasteiger partial charge is 0.262 e. The molecular formula is C20H18N2OS.